The lowest BCUT2D eigenvalue weighted by Crippen LogP contribution is -2.43. The predicted octanol–water partition coefficient (Wildman–Crippen LogP) is 1.07. The van der Waals surface area contributed by atoms with E-state index in [4.69, 9.17) is 10.8 Å². The second kappa shape index (κ2) is 5.28. The fraction of sp³-hybridized carbons (Fsp3) is 0.727. The van der Waals surface area contributed by atoms with E-state index in [1.165, 1.54) is 0 Å². The molecule has 1 unspecified atom stereocenters. The summed E-state index contributed by atoms with van der Waals surface area (Å²) in [4.78, 5) is 0. The van der Waals surface area contributed by atoms with E-state index in [0.717, 1.165) is 31.5 Å². The summed E-state index contributed by atoms with van der Waals surface area (Å²) in [6.45, 7) is 4.91. The first-order chi connectivity index (χ1) is 7.09. The summed E-state index contributed by atoms with van der Waals surface area (Å²) in [6.07, 6.45) is 4.56. The molecule has 0 saturated heterocycles. The Hall–Kier alpha value is -0.870. The van der Waals surface area contributed by atoms with Crippen LogP contribution >= 0.6 is 0 Å². The van der Waals surface area contributed by atoms with Gasteiger partial charge in [0.15, 0.2) is 0 Å². The summed E-state index contributed by atoms with van der Waals surface area (Å²) >= 11 is 0. The minimum atomic E-state index is -0.414. The predicted molar refractivity (Wildman–Crippen MR) is 60.5 cm³/mol. The highest BCUT2D eigenvalue weighted by molar-refractivity contribution is 4.94. The molecule has 0 saturated carbocycles. The number of aliphatic hydroxyl groups is 1. The molecule has 1 rings (SSSR count). The Kier molecular flexibility index (Phi) is 4.29. The van der Waals surface area contributed by atoms with Crippen molar-refractivity contribution in [1.29, 1.82) is 0 Å². The van der Waals surface area contributed by atoms with Crippen LogP contribution in [0.4, 0.5) is 0 Å². The van der Waals surface area contributed by atoms with E-state index in [1.54, 1.807) is 0 Å². The van der Waals surface area contributed by atoms with E-state index < -0.39 is 5.54 Å². The Labute approximate surface area is 91.1 Å². The summed E-state index contributed by atoms with van der Waals surface area (Å²) < 4.78 is 1.92. The van der Waals surface area contributed by atoms with Gasteiger partial charge in [-0.15, -0.1) is 0 Å². The van der Waals surface area contributed by atoms with Crippen molar-refractivity contribution in [2.75, 3.05) is 6.61 Å². The van der Waals surface area contributed by atoms with E-state index >= 15 is 0 Å². The zero-order valence-corrected chi connectivity index (χ0v) is 9.61. The van der Waals surface area contributed by atoms with Crippen molar-refractivity contribution in [1.82, 2.24) is 9.78 Å². The first-order valence-electron chi connectivity index (χ1n) is 5.49. The van der Waals surface area contributed by atoms with Crippen LogP contribution in [0.3, 0.4) is 0 Å². The van der Waals surface area contributed by atoms with E-state index in [2.05, 4.69) is 5.10 Å². The van der Waals surface area contributed by atoms with E-state index in [-0.39, 0.29) is 6.61 Å². The number of nitrogens with zero attached hydrogens (tertiary/aromatic N) is 2. The van der Waals surface area contributed by atoms with Gasteiger partial charge in [0.1, 0.15) is 0 Å². The molecular weight excluding hydrogens is 190 g/mol. The number of aryl methyl sites for hydroxylation is 2. The van der Waals surface area contributed by atoms with Gasteiger partial charge in [0.25, 0.3) is 0 Å². The molecule has 1 heterocycles. The SMILES string of the molecule is CCC(N)(CO)CCCn1ccc(C)n1. The minimum absolute atomic E-state index is 0.0572. The number of rotatable bonds is 6. The molecule has 86 valence electrons. The van der Waals surface area contributed by atoms with Crippen molar-refractivity contribution < 1.29 is 5.11 Å². The molecule has 0 spiro atoms. The third-order valence-electron chi connectivity index (χ3n) is 2.85. The summed E-state index contributed by atoms with van der Waals surface area (Å²) in [7, 11) is 0. The monoisotopic (exact) mass is 211 g/mol. The standard InChI is InChI=1S/C11H21N3O/c1-3-11(12,9-15)6-4-7-14-8-5-10(2)13-14/h5,8,15H,3-4,6-7,9,12H2,1-2H3. The Morgan fingerprint density at radius 3 is 2.80 bits per heavy atom. The minimum Gasteiger partial charge on any atom is -0.394 e. The normalized spacial score (nSPS) is 15.2. The molecule has 0 aliphatic carbocycles. The van der Waals surface area contributed by atoms with Gasteiger partial charge in [-0.2, -0.15) is 5.10 Å². The number of nitrogens with two attached hydrogens (primary N) is 1. The highest BCUT2D eigenvalue weighted by Gasteiger charge is 2.20. The molecular formula is C11H21N3O. The summed E-state index contributed by atoms with van der Waals surface area (Å²) in [6, 6.07) is 1.99. The Morgan fingerprint density at radius 2 is 2.33 bits per heavy atom. The van der Waals surface area contributed by atoms with Gasteiger partial charge in [-0.05, 0) is 32.3 Å². The quantitative estimate of drug-likeness (QED) is 0.740. The number of aliphatic hydroxyl groups excluding tert-OH is 1. The fourth-order valence-corrected chi connectivity index (χ4v) is 1.55. The maximum Gasteiger partial charge on any atom is 0.0611 e. The molecule has 15 heavy (non-hydrogen) atoms. The average molecular weight is 211 g/mol. The van der Waals surface area contributed by atoms with Crippen LogP contribution < -0.4 is 5.73 Å². The third kappa shape index (κ3) is 3.64. The molecule has 4 nitrogen and oxygen atoms in total. The first-order valence-corrected chi connectivity index (χ1v) is 5.49. The van der Waals surface area contributed by atoms with E-state index in [1.807, 2.05) is 30.8 Å². The summed E-state index contributed by atoms with van der Waals surface area (Å²) in [5.74, 6) is 0. The van der Waals surface area contributed by atoms with Crippen molar-refractivity contribution in [3.05, 3.63) is 18.0 Å². The van der Waals surface area contributed by atoms with Crippen LogP contribution in [0.25, 0.3) is 0 Å². The van der Waals surface area contributed by atoms with Gasteiger partial charge >= 0.3 is 0 Å². The highest BCUT2D eigenvalue weighted by atomic mass is 16.3. The molecule has 0 amide bonds. The Balaban J connectivity index is 2.32. The number of hydrogen-bond acceptors (Lipinski definition) is 3. The van der Waals surface area contributed by atoms with Gasteiger partial charge in [-0.1, -0.05) is 6.92 Å². The van der Waals surface area contributed by atoms with E-state index in [9.17, 15) is 0 Å². The molecule has 0 aliphatic rings. The van der Waals surface area contributed by atoms with Gasteiger partial charge in [-0.25, -0.2) is 0 Å². The van der Waals surface area contributed by atoms with Crippen molar-refractivity contribution in [2.45, 2.75) is 45.2 Å². The number of hydrogen-bond donors (Lipinski definition) is 2. The average Bonchev–Trinajstić information content (AvgIpc) is 2.64. The molecule has 1 aromatic heterocycles. The zero-order valence-electron chi connectivity index (χ0n) is 9.61. The lowest BCUT2D eigenvalue weighted by molar-refractivity contribution is 0.178. The highest BCUT2D eigenvalue weighted by Crippen LogP contribution is 2.13. The molecule has 0 radical (unpaired) electrons. The molecule has 0 aromatic carbocycles. The summed E-state index contributed by atoms with van der Waals surface area (Å²) in [5, 5.41) is 13.4. The van der Waals surface area contributed by atoms with Crippen molar-refractivity contribution >= 4 is 0 Å². The lowest BCUT2D eigenvalue weighted by Gasteiger charge is -2.25. The topological polar surface area (TPSA) is 64.1 Å². The molecule has 0 bridgehead atoms. The third-order valence-corrected chi connectivity index (χ3v) is 2.85. The van der Waals surface area contributed by atoms with Crippen LogP contribution in [-0.4, -0.2) is 27.0 Å². The Morgan fingerprint density at radius 1 is 1.60 bits per heavy atom. The largest absolute Gasteiger partial charge is 0.394 e. The smallest absolute Gasteiger partial charge is 0.0611 e. The van der Waals surface area contributed by atoms with Crippen molar-refractivity contribution in [2.24, 2.45) is 5.73 Å². The molecule has 1 aromatic rings. The lowest BCUT2D eigenvalue weighted by atomic mass is 9.93. The number of aromatic nitrogens is 2. The maximum atomic E-state index is 9.14. The van der Waals surface area contributed by atoms with Gasteiger partial charge in [-0.3, -0.25) is 4.68 Å². The molecule has 0 aliphatic heterocycles. The second-order valence-electron chi connectivity index (χ2n) is 4.20. The second-order valence-corrected chi connectivity index (χ2v) is 4.20. The van der Waals surface area contributed by atoms with Crippen molar-refractivity contribution in [3.8, 4) is 0 Å². The van der Waals surface area contributed by atoms with E-state index in [0.29, 0.717) is 0 Å². The first kappa shape index (κ1) is 12.2. The van der Waals surface area contributed by atoms with Crippen LogP contribution in [0.5, 0.6) is 0 Å². The van der Waals surface area contributed by atoms with Crippen LogP contribution in [0.2, 0.25) is 0 Å². The van der Waals surface area contributed by atoms with Crippen LogP contribution in [0.15, 0.2) is 12.3 Å². The molecule has 1 atom stereocenters. The van der Waals surface area contributed by atoms with Gasteiger partial charge < -0.3 is 10.8 Å². The van der Waals surface area contributed by atoms with Gasteiger partial charge in [0.05, 0.1) is 12.3 Å². The zero-order chi connectivity index (χ0) is 11.3. The Bertz CT molecular complexity index is 292. The van der Waals surface area contributed by atoms with Crippen LogP contribution in [-0.2, 0) is 6.54 Å². The van der Waals surface area contributed by atoms with Crippen molar-refractivity contribution in [3.63, 3.8) is 0 Å². The fourth-order valence-electron chi connectivity index (χ4n) is 1.55. The van der Waals surface area contributed by atoms with Crippen LogP contribution in [0.1, 0.15) is 31.9 Å². The molecule has 4 heteroatoms. The van der Waals surface area contributed by atoms with Crippen LogP contribution in [0, 0.1) is 6.92 Å². The van der Waals surface area contributed by atoms with Gasteiger partial charge in [0.2, 0.25) is 0 Å². The molecule has 3 N–H and O–H groups in total. The molecule has 0 fully saturated rings. The summed E-state index contributed by atoms with van der Waals surface area (Å²) in [5.41, 5.74) is 6.61. The maximum absolute atomic E-state index is 9.14. The van der Waals surface area contributed by atoms with Gasteiger partial charge in [0, 0.05) is 18.3 Å².